The van der Waals surface area contributed by atoms with Crippen molar-refractivity contribution in [3.05, 3.63) is 22.7 Å². The van der Waals surface area contributed by atoms with Crippen LogP contribution in [0.25, 0.3) is 10.2 Å². The fourth-order valence-corrected chi connectivity index (χ4v) is 5.71. The van der Waals surface area contributed by atoms with Gasteiger partial charge in [-0.2, -0.15) is 0 Å². The van der Waals surface area contributed by atoms with Crippen LogP contribution in [0, 0.1) is 5.92 Å². The second kappa shape index (κ2) is 14.0. The van der Waals surface area contributed by atoms with Gasteiger partial charge in [0.2, 0.25) is 5.91 Å². The molecule has 5 nitrogen and oxygen atoms in total. The number of benzene rings is 1. The highest BCUT2D eigenvalue weighted by Gasteiger charge is 2.26. The van der Waals surface area contributed by atoms with Crippen LogP contribution < -0.4 is 5.32 Å². The number of amides is 1. The third-order valence-electron chi connectivity index (χ3n) is 5.15. The zero-order chi connectivity index (χ0) is 22.6. The molecule has 0 aliphatic carbocycles. The molecule has 0 saturated carbocycles. The maximum Gasteiger partial charge on any atom is 0.316 e. The number of nitrogens with one attached hydrogen (secondary N) is 1. The van der Waals surface area contributed by atoms with E-state index in [0.29, 0.717) is 6.54 Å². The molecule has 0 aliphatic heterocycles. The summed E-state index contributed by atoms with van der Waals surface area (Å²) in [4.78, 5) is 28.6. The monoisotopic (exact) mass is 484 g/mol. The van der Waals surface area contributed by atoms with Gasteiger partial charge >= 0.3 is 5.97 Å². The standard InChI is InChI=1S/C23H33ClN2O3S2/c1-3-5-7-8-9-10-12-25-21(27)17(22(28)29)15-30-23-26-19-14-18(24)16(11-6-4-2)13-20(19)31-23/h13-14,17H,3-12,15H2,1-2H3,(H,25,27)(H,28,29). The zero-order valence-corrected chi connectivity index (χ0v) is 20.8. The van der Waals surface area contributed by atoms with Gasteiger partial charge in [0, 0.05) is 17.3 Å². The first-order valence-electron chi connectivity index (χ1n) is 11.2. The molecule has 31 heavy (non-hydrogen) atoms. The molecule has 0 bridgehead atoms. The Morgan fingerprint density at radius 3 is 2.55 bits per heavy atom. The van der Waals surface area contributed by atoms with E-state index in [9.17, 15) is 14.7 Å². The largest absolute Gasteiger partial charge is 0.481 e. The molecule has 2 N–H and O–H groups in total. The third kappa shape index (κ3) is 8.62. The average Bonchev–Trinajstić information content (AvgIpc) is 3.12. The molecular weight excluding hydrogens is 452 g/mol. The van der Waals surface area contributed by atoms with Crippen LogP contribution in [-0.4, -0.2) is 34.3 Å². The Bertz CT molecular complexity index is 857. The summed E-state index contributed by atoms with van der Waals surface area (Å²) in [7, 11) is 0. The molecule has 0 radical (unpaired) electrons. The van der Waals surface area contributed by atoms with Gasteiger partial charge in [-0.3, -0.25) is 9.59 Å². The van der Waals surface area contributed by atoms with Gasteiger partial charge in [-0.15, -0.1) is 11.3 Å². The van der Waals surface area contributed by atoms with Crippen molar-refractivity contribution >= 4 is 56.8 Å². The first-order chi connectivity index (χ1) is 15.0. The molecule has 0 aliphatic rings. The summed E-state index contributed by atoms with van der Waals surface area (Å²) in [5.74, 6) is -2.44. The highest BCUT2D eigenvalue weighted by Crippen LogP contribution is 2.34. The van der Waals surface area contributed by atoms with Crippen LogP contribution in [-0.2, 0) is 16.0 Å². The van der Waals surface area contributed by atoms with Crippen molar-refractivity contribution in [3.63, 3.8) is 0 Å². The number of unbranched alkanes of at least 4 members (excludes halogenated alkanes) is 6. The molecule has 172 valence electrons. The lowest BCUT2D eigenvalue weighted by molar-refractivity contribution is -0.145. The number of aryl methyl sites for hydroxylation is 1. The SMILES string of the molecule is CCCCCCCCNC(=O)C(CSc1nc2cc(Cl)c(CCCC)cc2s1)C(=O)O. The maximum absolute atomic E-state index is 12.4. The Morgan fingerprint density at radius 2 is 1.84 bits per heavy atom. The number of thioether (sulfide) groups is 1. The Balaban J connectivity index is 1.88. The molecule has 0 fully saturated rings. The van der Waals surface area contributed by atoms with Gasteiger partial charge in [-0.25, -0.2) is 4.98 Å². The number of carboxylic acid groups (broad SMARTS) is 1. The van der Waals surface area contributed by atoms with E-state index in [2.05, 4.69) is 30.2 Å². The fourth-order valence-electron chi connectivity index (χ4n) is 3.24. The van der Waals surface area contributed by atoms with Crippen LogP contribution in [0.1, 0.15) is 70.8 Å². The summed E-state index contributed by atoms with van der Waals surface area (Å²) in [5, 5.41) is 13.0. The van der Waals surface area contributed by atoms with Crippen molar-refractivity contribution in [1.29, 1.82) is 0 Å². The summed E-state index contributed by atoms with van der Waals surface area (Å²) < 4.78 is 1.80. The van der Waals surface area contributed by atoms with Crippen molar-refractivity contribution in [1.82, 2.24) is 10.3 Å². The molecule has 1 atom stereocenters. The summed E-state index contributed by atoms with van der Waals surface area (Å²) in [6, 6.07) is 3.96. The second-order valence-electron chi connectivity index (χ2n) is 7.76. The zero-order valence-electron chi connectivity index (χ0n) is 18.4. The quantitative estimate of drug-likeness (QED) is 0.170. The lowest BCUT2D eigenvalue weighted by Crippen LogP contribution is -2.37. The Labute approximate surface area is 198 Å². The number of carbonyl (C=O) groups is 2. The summed E-state index contributed by atoms with van der Waals surface area (Å²) in [5.41, 5.74) is 1.94. The second-order valence-corrected chi connectivity index (χ2v) is 10.5. The minimum atomic E-state index is -1.10. The van der Waals surface area contributed by atoms with Crippen molar-refractivity contribution in [3.8, 4) is 0 Å². The van der Waals surface area contributed by atoms with Crippen LogP contribution >= 0.6 is 34.7 Å². The third-order valence-corrected chi connectivity index (χ3v) is 7.76. The lowest BCUT2D eigenvalue weighted by Gasteiger charge is -2.11. The highest BCUT2D eigenvalue weighted by atomic mass is 35.5. The van der Waals surface area contributed by atoms with E-state index < -0.39 is 17.8 Å². The highest BCUT2D eigenvalue weighted by molar-refractivity contribution is 8.01. The minimum Gasteiger partial charge on any atom is -0.481 e. The molecule has 1 unspecified atom stereocenters. The average molecular weight is 485 g/mol. The number of carbonyl (C=O) groups excluding carboxylic acids is 1. The van der Waals surface area contributed by atoms with E-state index in [1.807, 2.05) is 6.07 Å². The predicted octanol–water partition coefficient (Wildman–Crippen LogP) is 6.56. The van der Waals surface area contributed by atoms with Crippen LogP contribution in [0.2, 0.25) is 5.02 Å². The number of nitrogens with zero attached hydrogens (tertiary/aromatic N) is 1. The molecular formula is C23H33ClN2O3S2. The normalized spacial score (nSPS) is 12.2. The van der Waals surface area contributed by atoms with E-state index in [0.717, 1.165) is 63.7 Å². The van der Waals surface area contributed by atoms with E-state index in [1.165, 1.54) is 42.4 Å². The summed E-state index contributed by atoms with van der Waals surface area (Å²) in [6.07, 6.45) is 9.88. The number of aromatic nitrogens is 1. The number of carboxylic acids is 1. The van der Waals surface area contributed by atoms with Crippen molar-refractivity contribution < 1.29 is 14.7 Å². The number of thiazole rings is 1. The number of hydrogen-bond donors (Lipinski definition) is 2. The molecule has 0 saturated heterocycles. The van der Waals surface area contributed by atoms with E-state index in [4.69, 9.17) is 11.6 Å². The Kier molecular flexibility index (Phi) is 11.7. The molecule has 1 aromatic carbocycles. The number of fused-ring (bicyclic) bond motifs is 1. The first kappa shape index (κ1) is 25.9. The van der Waals surface area contributed by atoms with E-state index in [1.54, 1.807) is 0 Å². The molecule has 1 heterocycles. The van der Waals surface area contributed by atoms with Gasteiger partial charge < -0.3 is 10.4 Å². The van der Waals surface area contributed by atoms with Crippen molar-refractivity contribution in [2.24, 2.45) is 5.92 Å². The topological polar surface area (TPSA) is 79.3 Å². The lowest BCUT2D eigenvalue weighted by atomic mass is 10.1. The molecule has 1 aromatic heterocycles. The molecule has 2 aromatic rings. The molecule has 8 heteroatoms. The van der Waals surface area contributed by atoms with Gasteiger partial charge in [0.1, 0.15) is 5.92 Å². The fraction of sp³-hybridized carbons (Fsp3) is 0.609. The summed E-state index contributed by atoms with van der Waals surface area (Å²) >= 11 is 9.22. The number of hydrogen-bond acceptors (Lipinski definition) is 5. The van der Waals surface area contributed by atoms with Crippen LogP contribution in [0.4, 0.5) is 0 Å². The van der Waals surface area contributed by atoms with Crippen LogP contribution in [0.3, 0.4) is 0 Å². The Morgan fingerprint density at radius 1 is 1.13 bits per heavy atom. The predicted molar refractivity (Wildman–Crippen MR) is 131 cm³/mol. The van der Waals surface area contributed by atoms with Crippen LogP contribution in [0.5, 0.6) is 0 Å². The molecule has 1 amide bonds. The maximum atomic E-state index is 12.4. The van der Waals surface area contributed by atoms with Gasteiger partial charge in [0.05, 0.1) is 10.2 Å². The van der Waals surface area contributed by atoms with E-state index >= 15 is 0 Å². The van der Waals surface area contributed by atoms with Crippen molar-refractivity contribution in [2.45, 2.75) is 76.0 Å². The van der Waals surface area contributed by atoms with Gasteiger partial charge in [-0.1, -0.05) is 75.7 Å². The summed E-state index contributed by atoms with van der Waals surface area (Å²) in [6.45, 7) is 4.86. The van der Waals surface area contributed by atoms with Gasteiger partial charge in [-0.05, 0) is 37.0 Å². The number of rotatable bonds is 15. The van der Waals surface area contributed by atoms with Gasteiger partial charge in [0.25, 0.3) is 0 Å². The van der Waals surface area contributed by atoms with Crippen molar-refractivity contribution in [2.75, 3.05) is 12.3 Å². The van der Waals surface area contributed by atoms with E-state index in [-0.39, 0.29) is 5.75 Å². The smallest absolute Gasteiger partial charge is 0.316 e. The Hall–Kier alpha value is -1.31. The number of halogens is 1. The first-order valence-corrected chi connectivity index (χ1v) is 13.4. The van der Waals surface area contributed by atoms with Gasteiger partial charge in [0.15, 0.2) is 4.34 Å². The minimum absolute atomic E-state index is 0.161. The van der Waals surface area contributed by atoms with Crippen LogP contribution in [0.15, 0.2) is 16.5 Å². The molecule has 2 rings (SSSR count). The molecule has 0 spiro atoms. The number of aliphatic carboxylic acids is 1.